The molecule has 1 aliphatic rings. The Morgan fingerprint density at radius 1 is 1.11 bits per heavy atom. The van der Waals surface area contributed by atoms with Crippen LogP contribution in [0.4, 0.5) is 15.3 Å². The highest BCUT2D eigenvalue weighted by Gasteiger charge is 2.26. The van der Waals surface area contributed by atoms with Crippen molar-refractivity contribution in [2.24, 2.45) is 10.7 Å². The van der Waals surface area contributed by atoms with Crippen LogP contribution in [0.25, 0.3) is 0 Å². The normalized spacial score (nSPS) is 15.2. The van der Waals surface area contributed by atoms with Crippen LogP contribution < -0.4 is 11.1 Å². The number of nitrogens with two attached hydrogens (primary N) is 1. The molecule has 1 heterocycles. The summed E-state index contributed by atoms with van der Waals surface area (Å²) >= 11 is 0. The average molecular weight is 391 g/mol. The van der Waals surface area contributed by atoms with Crippen molar-refractivity contribution in [2.45, 2.75) is 32.9 Å². The first kappa shape index (κ1) is 21.3. The molecule has 3 N–H and O–H groups in total. The molecule has 0 radical (unpaired) electrons. The predicted molar refractivity (Wildman–Crippen MR) is 107 cm³/mol. The van der Waals surface area contributed by atoms with Crippen molar-refractivity contribution in [3.05, 3.63) is 29.8 Å². The van der Waals surface area contributed by atoms with Crippen LogP contribution >= 0.6 is 0 Å². The smallest absolute Gasteiger partial charge is 0.411 e. The molecular formula is C19H29N5O4. The van der Waals surface area contributed by atoms with Crippen LogP contribution in [0, 0.1) is 0 Å². The first-order valence-corrected chi connectivity index (χ1v) is 9.14. The van der Waals surface area contributed by atoms with Crippen molar-refractivity contribution in [1.82, 2.24) is 9.80 Å². The summed E-state index contributed by atoms with van der Waals surface area (Å²) in [7, 11) is 1.31. The van der Waals surface area contributed by atoms with Gasteiger partial charge in [0.15, 0.2) is 5.96 Å². The Hall–Kier alpha value is -2.97. The summed E-state index contributed by atoms with van der Waals surface area (Å²) in [5, 5.41) is 2.59. The van der Waals surface area contributed by atoms with Gasteiger partial charge in [-0.15, -0.1) is 0 Å². The Labute approximate surface area is 165 Å². The zero-order chi connectivity index (χ0) is 20.7. The monoisotopic (exact) mass is 391 g/mol. The lowest BCUT2D eigenvalue weighted by molar-refractivity contribution is 0.0186. The second kappa shape index (κ2) is 9.29. The molecule has 154 valence electrons. The van der Waals surface area contributed by atoms with E-state index in [0.717, 1.165) is 5.56 Å². The Kier molecular flexibility index (Phi) is 7.08. The van der Waals surface area contributed by atoms with Crippen LogP contribution in [-0.4, -0.2) is 66.8 Å². The SMILES string of the molecule is COC(=O)Nc1ccc(CN=C(N)N2CCN(C(=O)OC(C)(C)C)CC2)cc1. The zero-order valence-electron chi connectivity index (χ0n) is 16.9. The first-order valence-electron chi connectivity index (χ1n) is 9.14. The summed E-state index contributed by atoms with van der Waals surface area (Å²) in [6.45, 7) is 8.28. The van der Waals surface area contributed by atoms with E-state index in [4.69, 9.17) is 10.5 Å². The minimum Gasteiger partial charge on any atom is -0.453 e. The van der Waals surface area contributed by atoms with Crippen molar-refractivity contribution in [1.29, 1.82) is 0 Å². The molecule has 1 saturated heterocycles. The Balaban J connectivity index is 1.83. The van der Waals surface area contributed by atoms with E-state index in [0.29, 0.717) is 44.4 Å². The van der Waals surface area contributed by atoms with Crippen LogP contribution in [0.2, 0.25) is 0 Å². The highest BCUT2D eigenvalue weighted by atomic mass is 16.6. The van der Waals surface area contributed by atoms with Crippen LogP contribution in [0.15, 0.2) is 29.3 Å². The highest BCUT2D eigenvalue weighted by Crippen LogP contribution is 2.13. The average Bonchev–Trinajstić information content (AvgIpc) is 2.66. The van der Waals surface area contributed by atoms with E-state index in [-0.39, 0.29) is 6.09 Å². The number of carbonyl (C=O) groups is 2. The number of amides is 2. The third kappa shape index (κ3) is 6.64. The molecule has 1 aliphatic heterocycles. The summed E-state index contributed by atoms with van der Waals surface area (Å²) in [5.74, 6) is 0.445. The standard InChI is InChI=1S/C19H29N5O4/c1-19(2,3)28-18(26)24-11-9-23(10-12-24)16(20)21-13-14-5-7-15(8-6-14)22-17(25)27-4/h5-8H,9-13H2,1-4H3,(H2,20,21)(H,22,25). The van der Waals surface area contributed by atoms with E-state index in [1.807, 2.05) is 37.8 Å². The Morgan fingerprint density at radius 3 is 2.21 bits per heavy atom. The molecule has 1 fully saturated rings. The van der Waals surface area contributed by atoms with Crippen LogP contribution in [-0.2, 0) is 16.0 Å². The molecule has 0 aliphatic carbocycles. The maximum absolute atomic E-state index is 12.1. The van der Waals surface area contributed by atoms with Gasteiger partial charge >= 0.3 is 12.2 Å². The molecule has 9 nitrogen and oxygen atoms in total. The fourth-order valence-corrected chi connectivity index (χ4v) is 2.58. The van der Waals surface area contributed by atoms with Crippen molar-refractivity contribution >= 4 is 23.8 Å². The molecule has 9 heteroatoms. The van der Waals surface area contributed by atoms with Gasteiger partial charge in [0.1, 0.15) is 5.60 Å². The molecule has 0 bridgehead atoms. The maximum atomic E-state index is 12.1. The number of piperazine rings is 1. The van der Waals surface area contributed by atoms with Gasteiger partial charge in [-0.1, -0.05) is 12.1 Å². The zero-order valence-corrected chi connectivity index (χ0v) is 16.9. The number of hydrogen-bond acceptors (Lipinski definition) is 5. The molecule has 1 aromatic rings. The van der Waals surface area contributed by atoms with Gasteiger partial charge in [0.05, 0.1) is 13.7 Å². The summed E-state index contributed by atoms with van der Waals surface area (Å²) in [4.78, 5) is 31.3. The van der Waals surface area contributed by atoms with Crippen molar-refractivity contribution in [3.8, 4) is 0 Å². The minimum absolute atomic E-state index is 0.302. The molecular weight excluding hydrogens is 362 g/mol. The van der Waals surface area contributed by atoms with Crippen molar-refractivity contribution < 1.29 is 19.1 Å². The lowest BCUT2D eigenvalue weighted by Crippen LogP contribution is -2.53. The maximum Gasteiger partial charge on any atom is 0.411 e. The van der Waals surface area contributed by atoms with Gasteiger partial charge in [0.25, 0.3) is 0 Å². The molecule has 28 heavy (non-hydrogen) atoms. The predicted octanol–water partition coefficient (Wildman–Crippen LogP) is 2.23. The second-order valence-electron chi connectivity index (χ2n) is 7.44. The van der Waals surface area contributed by atoms with Crippen molar-refractivity contribution in [3.63, 3.8) is 0 Å². The number of benzene rings is 1. The molecule has 0 saturated carbocycles. The van der Waals surface area contributed by atoms with E-state index in [2.05, 4.69) is 15.0 Å². The van der Waals surface area contributed by atoms with Gasteiger partial charge in [-0.25, -0.2) is 14.6 Å². The van der Waals surface area contributed by atoms with Gasteiger partial charge in [-0.2, -0.15) is 0 Å². The summed E-state index contributed by atoms with van der Waals surface area (Å²) in [5.41, 5.74) is 7.21. The van der Waals surface area contributed by atoms with E-state index in [9.17, 15) is 9.59 Å². The van der Waals surface area contributed by atoms with E-state index >= 15 is 0 Å². The first-order chi connectivity index (χ1) is 13.2. The highest BCUT2D eigenvalue weighted by molar-refractivity contribution is 5.84. The quantitative estimate of drug-likeness (QED) is 0.604. The number of aliphatic imine (C=N–C) groups is 1. The molecule has 0 aromatic heterocycles. The fraction of sp³-hybridized carbons (Fsp3) is 0.526. The summed E-state index contributed by atoms with van der Waals surface area (Å²) in [6.07, 6.45) is -0.816. The molecule has 2 amide bonds. The minimum atomic E-state index is -0.513. The van der Waals surface area contributed by atoms with Crippen LogP contribution in [0.5, 0.6) is 0 Å². The molecule has 0 atom stereocenters. The van der Waals surface area contributed by atoms with Gasteiger partial charge in [0, 0.05) is 31.9 Å². The van der Waals surface area contributed by atoms with Gasteiger partial charge in [-0.3, -0.25) is 5.32 Å². The number of nitrogens with zero attached hydrogens (tertiary/aromatic N) is 3. The third-order valence-corrected chi connectivity index (χ3v) is 4.06. The Morgan fingerprint density at radius 2 is 1.68 bits per heavy atom. The lowest BCUT2D eigenvalue weighted by atomic mass is 10.2. The molecule has 0 unspecified atom stereocenters. The third-order valence-electron chi connectivity index (χ3n) is 4.06. The molecule has 2 rings (SSSR count). The largest absolute Gasteiger partial charge is 0.453 e. The number of hydrogen-bond donors (Lipinski definition) is 2. The fourth-order valence-electron chi connectivity index (χ4n) is 2.58. The second-order valence-corrected chi connectivity index (χ2v) is 7.44. The number of nitrogens with one attached hydrogen (secondary N) is 1. The molecule has 1 aromatic carbocycles. The van der Waals surface area contributed by atoms with Crippen molar-refractivity contribution in [2.75, 3.05) is 38.6 Å². The number of carbonyl (C=O) groups excluding carboxylic acids is 2. The van der Waals surface area contributed by atoms with Crippen LogP contribution in [0.3, 0.4) is 0 Å². The Bertz CT molecular complexity index is 704. The van der Waals surface area contributed by atoms with Gasteiger partial charge < -0.3 is 25.0 Å². The van der Waals surface area contributed by atoms with Crippen LogP contribution in [0.1, 0.15) is 26.3 Å². The summed E-state index contributed by atoms with van der Waals surface area (Å²) < 4.78 is 9.94. The number of methoxy groups -OCH3 is 1. The number of rotatable bonds is 3. The molecule has 0 spiro atoms. The number of anilines is 1. The number of guanidine groups is 1. The van der Waals surface area contributed by atoms with E-state index in [1.165, 1.54) is 7.11 Å². The number of ether oxygens (including phenoxy) is 2. The van der Waals surface area contributed by atoms with E-state index < -0.39 is 11.7 Å². The van der Waals surface area contributed by atoms with Gasteiger partial charge in [0.2, 0.25) is 0 Å². The topological polar surface area (TPSA) is 109 Å². The summed E-state index contributed by atoms with van der Waals surface area (Å²) in [6, 6.07) is 7.28. The lowest BCUT2D eigenvalue weighted by Gasteiger charge is -2.36. The van der Waals surface area contributed by atoms with E-state index in [1.54, 1.807) is 17.0 Å². The van der Waals surface area contributed by atoms with Gasteiger partial charge in [-0.05, 0) is 38.5 Å².